The Hall–Kier alpha value is -3.32. The highest BCUT2D eigenvalue weighted by Crippen LogP contribution is 2.24. The Balaban J connectivity index is 1.75. The zero-order chi connectivity index (χ0) is 21.8. The number of nitrogens with zero attached hydrogens (tertiary/aromatic N) is 2. The van der Waals surface area contributed by atoms with Crippen molar-refractivity contribution in [1.29, 1.82) is 0 Å². The average Bonchev–Trinajstić information content (AvgIpc) is 3.20. The van der Waals surface area contributed by atoms with Crippen molar-refractivity contribution in [2.45, 2.75) is 31.6 Å². The summed E-state index contributed by atoms with van der Waals surface area (Å²) in [6.45, 7) is 4.22. The molecule has 4 rings (SSSR count). The van der Waals surface area contributed by atoms with Gasteiger partial charge in [-0.3, -0.25) is 14.2 Å². The second-order valence-electron chi connectivity index (χ2n) is 7.59. The van der Waals surface area contributed by atoms with Crippen LogP contribution in [-0.4, -0.2) is 32.2 Å². The number of carbonyl (C=O) groups excluding carboxylic acids is 1. The van der Waals surface area contributed by atoms with Crippen molar-refractivity contribution < 1.29 is 4.79 Å². The summed E-state index contributed by atoms with van der Waals surface area (Å²) in [5.74, 6) is 0.112. The number of aromatic nitrogens is 3. The number of H-pyrrole nitrogens is 1. The molecule has 0 spiro atoms. The van der Waals surface area contributed by atoms with Gasteiger partial charge in [-0.15, -0.1) is 0 Å². The normalized spacial score (nSPS) is 11.2. The van der Waals surface area contributed by atoms with Crippen LogP contribution in [0.25, 0.3) is 22.3 Å². The Morgan fingerprint density at radius 1 is 1.10 bits per heavy atom. The minimum absolute atomic E-state index is 0.0631. The van der Waals surface area contributed by atoms with Gasteiger partial charge in [0.15, 0.2) is 5.16 Å². The molecule has 7 heteroatoms. The third kappa shape index (κ3) is 4.88. The molecule has 0 saturated heterocycles. The van der Waals surface area contributed by atoms with Crippen LogP contribution in [-0.2, 0) is 11.3 Å². The Labute approximate surface area is 184 Å². The molecular weight excluding hydrogens is 408 g/mol. The van der Waals surface area contributed by atoms with Crippen molar-refractivity contribution >= 4 is 28.7 Å². The van der Waals surface area contributed by atoms with E-state index in [1.54, 1.807) is 4.57 Å². The first kappa shape index (κ1) is 20.9. The molecule has 0 saturated carbocycles. The molecule has 0 atom stereocenters. The number of rotatable bonds is 7. The van der Waals surface area contributed by atoms with Gasteiger partial charge in [0.05, 0.1) is 17.8 Å². The smallest absolute Gasteiger partial charge is 0.278 e. The Morgan fingerprint density at radius 2 is 1.77 bits per heavy atom. The molecule has 2 N–H and O–H groups in total. The van der Waals surface area contributed by atoms with Gasteiger partial charge in [0.25, 0.3) is 5.56 Å². The maximum Gasteiger partial charge on any atom is 0.278 e. The summed E-state index contributed by atoms with van der Waals surface area (Å²) in [5, 5.41) is 3.41. The summed E-state index contributed by atoms with van der Waals surface area (Å²) in [7, 11) is 0. The maximum atomic E-state index is 13.4. The highest BCUT2D eigenvalue weighted by Gasteiger charge is 2.16. The van der Waals surface area contributed by atoms with E-state index in [2.05, 4.69) is 10.3 Å². The molecule has 2 aromatic carbocycles. The maximum absolute atomic E-state index is 13.4. The molecule has 2 heterocycles. The second-order valence-corrected chi connectivity index (χ2v) is 8.53. The van der Waals surface area contributed by atoms with E-state index in [9.17, 15) is 9.59 Å². The highest BCUT2D eigenvalue weighted by atomic mass is 32.2. The van der Waals surface area contributed by atoms with Crippen molar-refractivity contribution in [2.75, 3.05) is 5.75 Å². The molecule has 1 amide bonds. The number of aromatic amines is 1. The number of carbonyl (C=O) groups is 1. The van der Waals surface area contributed by atoms with Crippen molar-refractivity contribution in [3.63, 3.8) is 0 Å². The third-order valence-electron chi connectivity index (χ3n) is 4.75. The number of thioether (sulfide) groups is 1. The van der Waals surface area contributed by atoms with Gasteiger partial charge in [-0.1, -0.05) is 72.4 Å². The number of amides is 1. The van der Waals surface area contributed by atoms with Crippen molar-refractivity contribution in [3.05, 3.63) is 82.6 Å². The van der Waals surface area contributed by atoms with Crippen LogP contribution in [0.1, 0.15) is 19.4 Å². The summed E-state index contributed by atoms with van der Waals surface area (Å²) in [6, 6.07) is 21.6. The minimum atomic E-state index is -0.150. The molecule has 2 aromatic heterocycles. The molecule has 0 aliphatic heterocycles. The number of hydrogen-bond donors (Lipinski definition) is 2. The molecule has 158 valence electrons. The van der Waals surface area contributed by atoms with E-state index in [0.717, 1.165) is 16.8 Å². The van der Waals surface area contributed by atoms with E-state index in [1.165, 1.54) is 11.8 Å². The Bertz CT molecular complexity index is 1250. The summed E-state index contributed by atoms with van der Waals surface area (Å²) < 4.78 is 1.64. The second kappa shape index (κ2) is 9.22. The highest BCUT2D eigenvalue weighted by molar-refractivity contribution is 7.99. The van der Waals surface area contributed by atoms with Gasteiger partial charge >= 0.3 is 0 Å². The summed E-state index contributed by atoms with van der Waals surface area (Å²) in [5.41, 5.74) is 3.73. The van der Waals surface area contributed by atoms with Gasteiger partial charge in [-0.25, -0.2) is 4.98 Å². The van der Waals surface area contributed by atoms with Gasteiger partial charge in [0, 0.05) is 11.7 Å². The summed E-state index contributed by atoms with van der Waals surface area (Å²) >= 11 is 1.28. The number of benzene rings is 2. The first-order valence-corrected chi connectivity index (χ1v) is 11.1. The van der Waals surface area contributed by atoms with Gasteiger partial charge in [0.2, 0.25) is 5.91 Å². The summed E-state index contributed by atoms with van der Waals surface area (Å²) in [4.78, 5) is 33.6. The van der Waals surface area contributed by atoms with Crippen molar-refractivity contribution in [3.8, 4) is 11.3 Å². The molecule has 0 radical (unpaired) electrons. The van der Waals surface area contributed by atoms with Gasteiger partial charge in [0.1, 0.15) is 5.52 Å². The topological polar surface area (TPSA) is 79.8 Å². The largest absolute Gasteiger partial charge is 0.353 e. The van der Waals surface area contributed by atoms with Crippen molar-refractivity contribution in [2.24, 2.45) is 0 Å². The van der Waals surface area contributed by atoms with E-state index in [0.29, 0.717) is 22.7 Å². The molecule has 31 heavy (non-hydrogen) atoms. The van der Waals surface area contributed by atoms with Crippen molar-refractivity contribution in [1.82, 2.24) is 19.9 Å². The third-order valence-corrected chi connectivity index (χ3v) is 5.73. The molecule has 0 fully saturated rings. The lowest BCUT2D eigenvalue weighted by Gasteiger charge is -2.13. The fourth-order valence-electron chi connectivity index (χ4n) is 3.36. The lowest BCUT2D eigenvalue weighted by atomic mass is 10.2. The van der Waals surface area contributed by atoms with Gasteiger partial charge < -0.3 is 10.3 Å². The monoisotopic (exact) mass is 432 g/mol. The molecule has 4 aromatic rings. The number of fused-ring (bicyclic) bond motifs is 1. The molecule has 6 nitrogen and oxygen atoms in total. The lowest BCUT2D eigenvalue weighted by Crippen LogP contribution is -2.32. The van der Waals surface area contributed by atoms with Gasteiger partial charge in [-0.2, -0.15) is 0 Å². The first-order chi connectivity index (χ1) is 15.0. The van der Waals surface area contributed by atoms with Crippen LogP contribution in [0.5, 0.6) is 0 Å². The molecular formula is C24H24N4O2S. The van der Waals surface area contributed by atoms with Crippen LogP contribution < -0.4 is 10.9 Å². The predicted octanol–water partition coefficient (Wildman–Crippen LogP) is 4.06. The van der Waals surface area contributed by atoms with Crippen LogP contribution in [0.3, 0.4) is 0 Å². The fraction of sp³-hybridized carbons (Fsp3) is 0.208. The molecule has 0 aliphatic carbocycles. The Kier molecular flexibility index (Phi) is 6.23. The van der Waals surface area contributed by atoms with E-state index in [4.69, 9.17) is 4.98 Å². The summed E-state index contributed by atoms with van der Waals surface area (Å²) in [6.07, 6.45) is 0. The van der Waals surface area contributed by atoms with E-state index < -0.39 is 0 Å². The standard InChI is InChI=1S/C24H24N4O2S/c1-16(2)25-21(29)15-31-24-27-20-13-19(18-11-7-4-8-12-18)26-22(20)23(30)28(24)14-17-9-5-3-6-10-17/h3-13,16,26H,14-15H2,1-2H3,(H,25,29). The number of hydrogen-bond acceptors (Lipinski definition) is 4. The van der Waals surface area contributed by atoms with Crippen LogP contribution in [0.15, 0.2) is 76.7 Å². The van der Waals surface area contributed by atoms with Gasteiger partial charge in [-0.05, 0) is 31.0 Å². The zero-order valence-corrected chi connectivity index (χ0v) is 18.3. The van der Waals surface area contributed by atoms with Crippen LogP contribution >= 0.6 is 11.8 Å². The quantitative estimate of drug-likeness (QED) is 0.341. The van der Waals surface area contributed by atoms with E-state index in [1.807, 2.05) is 80.6 Å². The SMILES string of the molecule is CC(C)NC(=O)CSc1nc2cc(-c3ccccc3)[nH]c2c(=O)n1Cc1ccccc1. The number of nitrogens with one attached hydrogen (secondary N) is 2. The first-order valence-electron chi connectivity index (χ1n) is 10.2. The zero-order valence-electron chi connectivity index (χ0n) is 17.5. The van der Waals surface area contributed by atoms with E-state index >= 15 is 0 Å². The molecule has 0 bridgehead atoms. The average molecular weight is 433 g/mol. The predicted molar refractivity (Wildman–Crippen MR) is 125 cm³/mol. The molecule has 0 unspecified atom stereocenters. The Morgan fingerprint density at radius 3 is 2.45 bits per heavy atom. The van der Waals surface area contributed by atoms with E-state index in [-0.39, 0.29) is 23.3 Å². The molecule has 0 aliphatic rings. The lowest BCUT2D eigenvalue weighted by molar-refractivity contribution is -0.119. The van der Waals surface area contributed by atoms with Crippen LogP contribution in [0, 0.1) is 0 Å². The van der Waals surface area contributed by atoms with Crippen LogP contribution in [0.4, 0.5) is 0 Å². The minimum Gasteiger partial charge on any atom is -0.353 e. The van der Waals surface area contributed by atoms with Crippen LogP contribution in [0.2, 0.25) is 0 Å². The fourth-order valence-corrected chi connectivity index (χ4v) is 4.17.